The number of aromatic nitrogens is 4. The van der Waals surface area contributed by atoms with Crippen LogP contribution in [0.2, 0.25) is 0 Å². The summed E-state index contributed by atoms with van der Waals surface area (Å²) in [5, 5.41) is 24.6. The molecule has 1 aromatic heterocycles. The Balaban J connectivity index is 2.00. The third kappa shape index (κ3) is 4.42. The largest absolute Gasteiger partial charge is 0.478 e. The number of hydrogen-bond donors (Lipinski definition) is 3. The van der Waals surface area contributed by atoms with Crippen molar-refractivity contribution in [3.05, 3.63) is 35.9 Å². The van der Waals surface area contributed by atoms with E-state index in [0.29, 0.717) is 11.3 Å². The molecule has 0 spiro atoms. The van der Waals surface area contributed by atoms with Crippen LogP contribution < -0.4 is 10.6 Å². The van der Waals surface area contributed by atoms with Crippen molar-refractivity contribution in [1.29, 1.82) is 0 Å². The van der Waals surface area contributed by atoms with Crippen LogP contribution in [-0.4, -0.2) is 37.3 Å². The van der Waals surface area contributed by atoms with Gasteiger partial charge in [0.15, 0.2) is 0 Å². The zero-order chi connectivity index (χ0) is 15.2. The van der Waals surface area contributed by atoms with Crippen LogP contribution in [0.25, 0.3) is 6.08 Å². The third-order valence-electron chi connectivity index (χ3n) is 2.30. The number of urea groups is 1. The van der Waals surface area contributed by atoms with E-state index in [2.05, 4.69) is 26.0 Å². The summed E-state index contributed by atoms with van der Waals surface area (Å²) in [6.45, 7) is 0. The van der Waals surface area contributed by atoms with Gasteiger partial charge in [0.1, 0.15) is 0 Å². The number of rotatable bonds is 4. The number of nitrogens with zero attached hydrogens (tertiary/aromatic N) is 4. The fourth-order valence-electron chi connectivity index (χ4n) is 1.49. The fraction of sp³-hybridized carbons (Fsp3) is 0.0833. The van der Waals surface area contributed by atoms with Crippen LogP contribution in [0.4, 0.5) is 16.4 Å². The van der Waals surface area contributed by atoms with Crippen molar-refractivity contribution in [2.24, 2.45) is 7.05 Å². The lowest BCUT2D eigenvalue weighted by Gasteiger charge is -2.05. The first-order valence-electron chi connectivity index (χ1n) is 5.86. The van der Waals surface area contributed by atoms with Crippen LogP contribution in [0, 0.1) is 0 Å². The van der Waals surface area contributed by atoms with Gasteiger partial charge >= 0.3 is 12.0 Å². The Hall–Kier alpha value is -3.23. The van der Waals surface area contributed by atoms with Crippen molar-refractivity contribution in [3.63, 3.8) is 0 Å². The predicted octanol–water partition coefficient (Wildman–Crippen LogP) is 0.952. The molecular formula is C12H12N6O3. The Bertz CT molecular complexity index is 694. The molecular weight excluding hydrogens is 276 g/mol. The monoisotopic (exact) mass is 288 g/mol. The van der Waals surface area contributed by atoms with Gasteiger partial charge in [-0.25, -0.2) is 9.59 Å². The number of carboxylic acids is 1. The second-order valence-corrected chi connectivity index (χ2v) is 3.98. The predicted molar refractivity (Wildman–Crippen MR) is 74.6 cm³/mol. The molecule has 1 aromatic carbocycles. The molecule has 0 aliphatic rings. The SMILES string of the molecule is Cn1nnc(NC(=O)Nc2cccc(/C=C/C(=O)O)c2)n1. The van der Waals surface area contributed by atoms with Gasteiger partial charge in [-0.2, -0.15) is 4.80 Å². The number of benzene rings is 1. The van der Waals surface area contributed by atoms with Crippen molar-refractivity contribution < 1.29 is 14.7 Å². The zero-order valence-corrected chi connectivity index (χ0v) is 11.0. The highest BCUT2D eigenvalue weighted by Gasteiger charge is 2.06. The highest BCUT2D eigenvalue weighted by molar-refractivity contribution is 5.98. The molecule has 9 nitrogen and oxygen atoms in total. The number of amides is 2. The van der Waals surface area contributed by atoms with Crippen LogP contribution in [0.5, 0.6) is 0 Å². The molecule has 3 N–H and O–H groups in total. The van der Waals surface area contributed by atoms with Gasteiger partial charge < -0.3 is 10.4 Å². The lowest BCUT2D eigenvalue weighted by Crippen LogP contribution is -2.20. The number of carboxylic acid groups (broad SMARTS) is 1. The van der Waals surface area contributed by atoms with Crippen LogP contribution in [-0.2, 0) is 11.8 Å². The van der Waals surface area contributed by atoms with Crippen LogP contribution in [0.3, 0.4) is 0 Å². The zero-order valence-electron chi connectivity index (χ0n) is 11.0. The van der Waals surface area contributed by atoms with E-state index in [1.54, 1.807) is 31.3 Å². The van der Waals surface area contributed by atoms with Crippen molar-refractivity contribution in [3.8, 4) is 0 Å². The van der Waals surface area contributed by atoms with Crippen molar-refractivity contribution >= 4 is 29.7 Å². The van der Waals surface area contributed by atoms with Gasteiger partial charge in [-0.1, -0.05) is 17.2 Å². The van der Waals surface area contributed by atoms with E-state index in [9.17, 15) is 9.59 Å². The minimum atomic E-state index is -1.04. The standard InChI is InChI=1S/C12H12N6O3/c1-18-16-11(15-17-18)14-12(21)13-9-4-2-3-8(7-9)5-6-10(19)20/h2-7H,1H3,(H,19,20)(H2,13,14,16,21)/b6-5+. The number of carbonyl (C=O) groups excluding carboxylic acids is 1. The van der Waals surface area contributed by atoms with Gasteiger partial charge in [0.05, 0.1) is 7.05 Å². The topological polar surface area (TPSA) is 122 Å². The molecule has 108 valence electrons. The number of nitrogens with one attached hydrogen (secondary N) is 2. The maximum absolute atomic E-state index is 11.7. The molecule has 0 saturated heterocycles. The van der Waals surface area contributed by atoms with Crippen molar-refractivity contribution in [2.75, 3.05) is 10.6 Å². The smallest absolute Gasteiger partial charge is 0.328 e. The quantitative estimate of drug-likeness (QED) is 0.720. The number of aliphatic carboxylic acids is 1. The molecule has 0 atom stereocenters. The number of carbonyl (C=O) groups is 2. The Labute approximate surface area is 119 Å². The summed E-state index contributed by atoms with van der Waals surface area (Å²) in [6, 6.07) is 6.18. The van der Waals surface area contributed by atoms with Gasteiger partial charge in [-0.05, 0) is 29.0 Å². The summed E-state index contributed by atoms with van der Waals surface area (Å²) in [6.07, 6.45) is 2.44. The normalized spacial score (nSPS) is 10.5. The Morgan fingerprint density at radius 3 is 2.81 bits per heavy atom. The van der Waals surface area contributed by atoms with Crippen LogP contribution in [0.1, 0.15) is 5.56 Å². The number of anilines is 2. The first-order chi connectivity index (χ1) is 10.0. The summed E-state index contributed by atoms with van der Waals surface area (Å²) in [5.74, 6) is -0.961. The van der Waals surface area contributed by atoms with E-state index in [1.165, 1.54) is 10.9 Å². The molecule has 1 heterocycles. The lowest BCUT2D eigenvalue weighted by molar-refractivity contribution is -0.131. The molecule has 0 aliphatic heterocycles. The summed E-state index contributed by atoms with van der Waals surface area (Å²) in [7, 11) is 1.58. The van der Waals surface area contributed by atoms with Crippen molar-refractivity contribution in [1.82, 2.24) is 20.2 Å². The minimum absolute atomic E-state index is 0.0805. The van der Waals surface area contributed by atoms with Gasteiger partial charge in [0.25, 0.3) is 5.95 Å². The lowest BCUT2D eigenvalue weighted by atomic mass is 10.2. The molecule has 0 aliphatic carbocycles. The number of aryl methyl sites for hydroxylation is 1. The second kappa shape index (κ2) is 6.28. The van der Waals surface area contributed by atoms with E-state index in [0.717, 1.165) is 6.08 Å². The summed E-state index contributed by atoms with van der Waals surface area (Å²) in [5.41, 5.74) is 1.15. The summed E-state index contributed by atoms with van der Waals surface area (Å²) in [4.78, 5) is 23.4. The molecule has 9 heteroatoms. The molecule has 2 aromatic rings. The maximum Gasteiger partial charge on any atom is 0.328 e. The Morgan fingerprint density at radius 1 is 1.33 bits per heavy atom. The summed E-state index contributed by atoms with van der Waals surface area (Å²) < 4.78 is 0. The van der Waals surface area contributed by atoms with E-state index in [4.69, 9.17) is 5.11 Å². The van der Waals surface area contributed by atoms with Gasteiger partial charge in [-0.3, -0.25) is 5.32 Å². The fourth-order valence-corrected chi connectivity index (χ4v) is 1.49. The van der Waals surface area contributed by atoms with Gasteiger partial charge in [-0.15, -0.1) is 5.10 Å². The molecule has 0 fully saturated rings. The van der Waals surface area contributed by atoms with Crippen molar-refractivity contribution in [2.45, 2.75) is 0 Å². The average molecular weight is 288 g/mol. The van der Waals surface area contributed by atoms with Gasteiger partial charge in [0, 0.05) is 11.8 Å². The minimum Gasteiger partial charge on any atom is -0.478 e. The van der Waals surface area contributed by atoms with E-state index >= 15 is 0 Å². The van der Waals surface area contributed by atoms with Crippen LogP contribution >= 0.6 is 0 Å². The highest BCUT2D eigenvalue weighted by Crippen LogP contribution is 2.12. The molecule has 0 radical (unpaired) electrons. The average Bonchev–Trinajstić information content (AvgIpc) is 2.82. The Morgan fingerprint density at radius 2 is 2.14 bits per heavy atom. The van der Waals surface area contributed by atoms with Crippen LogP contribution in [0.15, 0.2) is 30.3 Å². The van der Waals surface area contributed by atoms with E-state index in [-0.39, 0.29) is 5.95 Å². The third-order valence-corrected chi connectivity index (χ3v) is 2.30. The molecule has 2 rings (SSSR count). The molecule has 0 bridgehead atoms. The van der Waals surface area contributed by atoms with E-state index < -0.39 is 12.0 Å². The summed E-state index contributed by atoms with van der Waals surface area (Å²) >= 11 is 0. The Kier molecular flexibility index (Phi) is 4.24. The first-order valence-corrected chi connectivity index (χ1v) is 5.86. The van der Waals surface area contributed by atoms with E-state index in [1.807, 2.05) is 0 Å². The highest BCUT2D eigenvalue weighted by atomic mass is 16.4. The number of tetrazole rings is 1. The maximum atomic E-state index is 11.7. The first kappa shape index (κ1) is 14.2. The number of hydrogen-bond acceptors (Lipinski definition) is 5. The molecule has 2 amide bonds. The molecule has 0 saturated carbocycles. The van der Waals surface area contributed by atoms with Gasteiger partial charge in [0.2, 0.25) is 0 Å². The molecule has 0 unspecified atom stereocenters. The molecule has 21 heavy (non-hydrogen) atoms. The second-order valence-electron chi connectivity index (χ2n) is 3.98.